The van der Waals surface area contributed by atoms with Crippen molar-refractivity contribution in [3.63, 3.8) is 0 Å². The molecule has 1 aromatic heterocycles. The predicted octanol–water partition coefficient (Wildman–Crippen LogP) is 8.84. The fourth-order valence-electron chi connectivity index (χ4n) is 6.46. The van der Waals surface area contributed by atoms with Crippen molar-refractivity contribution < 1.29 is 28.2 Å². The zero-order chi connectivity index (χ0) is 33.7. The van der Waals surface area contributed by atoms with E-state index in [1.807, 2.05) is 30.3 Å². The third-order valence-corrected chi connectivity index (χ3v) is 9.02. The van der Waals surface area contributed by atoms with Gasteiger partial charge >= 0.3 is 12.1 Å². The van der Waals surface area contributed by atoms with E-state index in [-0.39, 0.29) is 36.0 Å². The van der Waals surface area contributed by atoms with E-state index in [1.165, 1.54) is 13.2 Å². The standard InChI is InChI=1S/C38H40ClFN2O5/c1-38(2,3)47-37(45)42(30-16-13-28(39)14-17-30)36(44)32(21-24-5-7-25(8-6-24)22-35(43)46-4)27-11-9-26(10-12-27)31-19-20-41-34-18-15-29(40)23-33(31)34/h5-8,13-20,23,26-27,32H,9-12,21-22H2,1-4H3. The van der Waals surface area contributed by atoms with Crippen LogP contribution in [0.25, 0.3) is 10.9 Å². The highest BCUT2D eigenvalue weighted by Gasteiger charge is 2.39. The second-order valence-corrected chi connectivity index (χ2v) is 13.6. The summed E-state index contributed by atoms with van der Waals surface area (Å²) in [4.78, 5) is 45.7. The Bertz CT molecular complexity index is 1730. The molecule has 0 spiro atoms. The van der Waals surface area contributed by atoms with Crippen LogP contribution in [0.15, 0.2) is 79.0 Å². The number of hydrogen-bond donors (Lipinski definition) is 0. The fraction of sp³-hybridized carbons (Fsp3) is 0.368. The van der Waals surface area contributed by atoms with Crippen LogP contribution in [0.1, 0.15) is 69.1 Å². The largest absolute Gasteiger partial charge is 0.469 e. The van der Waals surface area contributed by atoms with Crippen LogP contribution in [0.5, 0.6) is 0 Å². The number of methoxy groups -OCH3 is 1. The zero-order valence-electron chi connectivity index (χ0n) is 27.2. The van der Waals surface area contributed by atoms with Crippen molar-refractivity contribution >= 4 is 46.2 Å². The summed E-state index contributed by atoms with van der Waals surface area (Å²) in [5.74, 6) is -1.37. The van der Waals surface area contributed by atoms with E-state index in [4.69, 9.17) is 21.1 Å². The molecule has 0 saturated heterocycles. The molecule has 7 nitrogen and oxygen atoms in total. The van der Waals surface area contributed by atoms with Gasteiger partial charge in [0, 0.05) is 22.5 Å². The maximum Gasteiger partial charge on any atom is 0.421 e. The number of fused-ring (bicyclic) bond motifs is 1. The molecule has 3 aromatic carbocycles. The zero-order valence-corrected chi connectivity index (χ0v) is 27.9. The van der Waals surface area contributed by atoms with E-state index in [2.05, 4.69) is 4.98 Å². The quantitative estimate of drug-likeness (QED) is 0.176. The number of nitrogens with zero attached hydrogens (tertiary/aromatic N) is 2. The van der Waals surface area contributed by atoms with Gasteiger partial charge in [0.15, 0.2) is 0 Å². The SMILES string of the molecule is COC(=O)Cc1ccc(CC(C(=O)N(C(=O)OC(C)(C)C)c2ccc(Cl)cc2)C2CCC(c3ccnc4ccc(F)cc34)CC2)cc1. The number of carbonyl (C=O) groups excluding carboxylic acids is 3. The molecule has 4 aromatic rings. The number of aromatic nitrogens is 1. The molecule has 9 heteroatoms. The highest BCUT2D eigenvalue weighted by Crippen LogP contribution is 2.42. The molecule has 0 bridgehead atoms. The van der Waals surface area contributed by atoms with Gasteiger partial charge in [0.2, 0.25) is 5.91 Å². The summed E-state index contributed by atoms with van der Waals surface area (Å²) in [5, 5.41) is 1.30. The first-order chi connectivity index (χ1) is 22.4. The summed E-state index contributed by atoms with van der Waals surface area (Å²) < 4.78 is 24.8. The molecule has 1 atom stereocenters. The molecule has 1 unspecified atom stereocenters. The Morgan fingerprint density at radius 1 is 0.936 bits per heavy atom. The van der Waals surface area contributed by atoms with E-state index in [0.717, 1.165) is 58.2 Å². The molecule has 0 aliphatic heterocycles. The van der Waals surface area contributed by atoms with Crippen LogP contribution in [0, 0.1) is 17.7 Å². The number of imide groups is 1. The summed E-state index contributed by atoms with van der Waals surface area (Å²) in [6, 6.07) is 20.8. The molecular weight excluding hydrogens is 619 g/mol. The highest BCUT2D eigenvalue weighted by molar-refractivity contribution is 6.30. The van der Waals surface area contributed by atoms with Crippen molar-refractivity contribution in [2.45, 2.75) is 70.8 Å². The molecule has 0 N–H and O–H groups in total. The highest BCUT2D eigenvalue weighted by atomic mass is 35.5. The molecule has 1 heterocycles. The lowest BCUT2D eigenvalue weighted by Gasteiger charge is -2.36. The number of esters is 1. The third kappa shape index (κ3) is 8.55. The topological polar surface area (TPSA) is 85.8 Å². The van der Waals surface area contributed by atoms with Crippen molar-refractivity contribution in [2.75, 3.05) is 12.0 Å². The van der Waals surface area contributed by atoms with Gasteiger partial charge in [-0.3, -0.25) is 14.6 Å². The Hall–Kier alpha value is -4.30. The minimum absolute atomic E-state index is 0.0319. The molecule has 1 saturated carbocycles. The van der Waals surface area contributed by atoms with E-state index in [0.29, 0.717) is 17.1 Å². The number of hydrogen-bond acceptors (Lipinski definition) is 6. The fourth-order valence-corrected chi connectivity index (χ4v) is 6.58. The Morgan fingerprint density at radius 3 is 2.23 bits per heavy atom. The van der Waals surface area contributed by atoms with Gasteiger partial charge in [0.1, 0.15) is 11.4 Å². The summed E-state index contributed by atoms with van der Waals surface area (Å²) in [5.41, 5.74) is 3.10. The normalized spacial score (nSPS) is 17.1. The van der Waals surface area contributed by atoms with Crippen LogP contribution < -0.4 is 4.90 Å². The van der Waals surface area contributed by atoms with Crippen molar-refractivity contribution in [3.8, 4) is 0 Å². The molecule has 5 rings (SSSR count). The maximum atomic E-state index is 14.7. The number of carbonyl (C=O) groups is 3. The van der Waals surface area contributed by atoms with Crippen molar-refractivity contribution in [3.05, 3.63) is 107 Å². The Labute approximate surface area is 280 Å². The molecule has 1 aliphatic carbocycles. The van der Waals surface area contributed by atoms with Crippen molar-refractivity contribution in [2.24, 2.45) is 11.8 Å². The second-order valence-electron chi connectivity index (χ2n) is 13.2. The smallest absolute Gasteiger partial charge is 0.421 e. The molecule has 47 heavy (non-hydrogen) atoms. The van der Waals surface area contributed by atoms with Crippen LogP contribution in [0.2, 0.25) is 5.02 Å². The van der Waals surface area contributed by atoms with Gasteiger partial charge in [-0.1, -0.05) is 35.9 Å². The predicted molar refractivity (Wildman–Crippen MR) is 181 cm³/mol. The van der Waals surface area contributed by atoms with Crippen LogP contribution >= 0.6 is 11.6 Å². The number of ether oxygens (including phenoxy) is 2. The Morgan fingerprint density at radius 2 is 1.60 bits per heavy atom. The molecule has 246 valence electrons. The molecule has 1 fully saturated rings. The minimum atomic E-state index is -0.822. The van der Waals surface area contributed by atoms with Crippen LogP contribution in [0.4, 0.5) is 14.9 Å². The average Bonchev–Trinajstić information content (AvgIpc) is 3.04. The first kappa shape index (κ1) is 34.0. The number of benzene rings is 3. The van der Waals surface area contributed by atoms with Crippen LogP contribution in [-0.4, -0.2) is 35.7 Å². The number of pyridine rings is 1. The van der Waals surface area contributed by atoms with E-state index >= 15 is 0 Å². The first-order valence-electron chi connectivity index (χ1n) is 15.9. The summed E-state index contributed by atoms with van der Waals surface area (Å²) >= 11 is 6.16. The van der Waals surface area contributed by atoms with Gasteiger partial charge in [-0.25, -0.2) is 14.1 Å². The van der Waals surface area contributed by atoms with Gasteiger partial charge in [0.05, 0.1) is 24.7 Å². The van der Waals surface area contributed by atoms with Gasteiger partial charge in [0.25, 0.3) is 0 Å². The van der Waals surface area contributed by atoms with E-state index in [9.17, 15) is 18.8 Å². The number of rotatable bonds is 8. The second kappa shape index (κ2) is 14.6. The minimum Gasteiger partial charge on any atom is -0.469 e. The van der Waals surface area contributed by atoms with Gasteiger partial charge in [-0.05, 0) is 130 Å². The van der Waals surface area contributed by atoms with Gasteiger partial charge < -0.3 is 9.47 Å². The summed E-state index contributed by atoms with van der Waals surface area (Å²) in [7, 11) is 1.36. The van der Waals surface area contributed by atoms with Crippen molar-refractivity contribution in [1.29, 1.82) is 0 Å². The number of amides is 2. The van der Waals surface area contributed by atoms with Crippen LogP contribution in [0.3, 0.4) is 0 Å². The summed E-state index contributed by atoms with van der Waals surface area (Å²) in [6.07, 6.45) is 4.64. The molecule has 1 aliphatic rings. The first-order valence-corrected chi connectivity index (χ1v) is 16.3. The maximum absolute atomic E-state index is 14.7. The summed E-state index contributed by atoms with van der Waals surface area (Å²) in [6.45, 7) is 5.29. The monoisotopic (exact) mass is 658 g/mol. The third-order valence-electron chi connectivity index (χ3n) is 8.77. The van der Waals surface area contributed by atoms with E-state index < -0.39 is 17.6 Å². The lowest BCUT2D eigenvalue weighted by molar-refractivity contribution is -0.139. The Kier molecular flexibility index (Phi) is 10.6. The lowest BCUT2D eigenvalue weighted by atomic mass is 9.71. The molecular formula is C38H40ClFN2O5. The Balaban J connectivity index is 1.45. The molecule has 0 radical (unpaired) electrons. The van der Waals surface area contributed by atoms with Gasteiger partial charge in [-0.2, -0.15) is 0 Å². The van der Waals surface area contributed by atoms with Gasteiger partial charge in [-0.15, -0.1) is 0 Å². The molecule has 2 amide bonds. The lowest BCUT2D eigenvalue weighted by Crippen LogP contribution is -2.46. The van der Waals surface area contributed by atoms with E-state index in [1.54, 1.807) is 63.4 Å². The average molecular weight is 659 g/mol. The van der Waals surface area contributed by atoms with Crippen molar-refractivity contribution in [1.82, 2.24) is 4.98 Å². The van der Waals surface area contributed by atoms with Crippen LogP contribution in [-0.2, 0) is 31.9 Å². The number of anilines is 1. The number of halogens is 2.